The second-order valence-corrected chi connectivity index (χ2v) is 4.85. The molecule has 2 aromatic carbocycles. The molecular formula is C13H8Cl2N2O3. The lowest BCUT2D eigenvalue weighted by Gasteiger charge is -2.07. The minimum Gasteiger partial charge on any atom is -0.365 e. The van der Waals surface area contributed by atoms with Crippen LogP contribution in [0.15, 0.2) is 36.4 Å². The number of benzene rings is 2. The fraction of sp³-hybridized carbons (Fsp3) is 0. The molecule has 2 aromatic rings. The summed E-state index contributed by atoms with van der Waals surface area (Å²) in [5.41, 5.74) is 5.30. The van der Waals surface area contributed by atoms with E-state index < -0.39 is 10.8 Å². The summed E-state index contributed by atoms with van der Waals surface area (Å²) in [5.74, 6) is -0.908. The first kappa shape index (κ1) is 14.3. The van der Waals surface area contributed by atoms with Gasteiger partial charge in [0.1, 0.15) is 5.56 Å². The summed E-state index contributed by atoms with van der Waals surface area (Å²) in [7, 11) is 0. The summed E-state index contributed by atoms with van der Waals surface area (Å²) in [6.07, 6.45) is 0. The Labute approximate surface area is 124 Å². The van der Waals surface area contributed by atoms with E-state index in [1.54, 1.807) is 24.3 Å². The molecule has 0 fully saturated rings. The maximum Gasteiger partial charge on any atom is 0.289 e. The normalized spacial score (nSPS) is 10.3. The third-order valence-electron chi connectivity index (χ3n) is 2.68. The number of halogens is 2. The Balaban J connectivity index is 2.77. The Hall–Kier alpha value is -2.11. The largest absolute Gasteiger partial charge is 0.365 e. The van der Waals surface area contributed by atoms with Crippen LogP contribution in [0, 0.1) is 10.1 Å². The molecule has 0 aliphatic rings. The number of carbonyl (C=O) groups excluding carboxylic acids is 1. The molecule has 0 heterocycles. The van der Waals surface area contributed by atoms with E-state index in [1.807, 2.05) is 0 Å². The van der Waals surface area contributed by atoms with E-state index in [9.17, 15) is 14.9 Å². The van der Waals surface area contributed by atoms with E-state index in [-0.39, 0.29) is 21.8 Å². The minimum absolute atomic E-state index is 0.189. The molecule has 0 saturated carbocycles. The van der Waals surface area contributed by atoms with Crippen LogP contribution in [0.4, 0.5) is 5.69 Å². The molecule has 7 heteroatoms. The second-order valence-electron chi connectivity index (χ2n) is 3.98. The van der Waals surface area contributed by atoms with Crippen molar-refractivity contribution in [2.75, 3.05) is 0 Å². The molecule has 20 heavy (non-hydrogen) atoms. The average molecular weight is 311 g/mol. The van der Waals surface area contributed by atoms with Crippen molar-refractivity contribution >= 4 is 34.8 Å². The highest BCUT2D eigenvalue weighted by molar-refractivity contribution is 6.31. The predicted octanol–water partition coefficient (Wildman–Crippen LogP) is 3.67. The molecule has 0 unspecified atom stereocenters. The van der Waals surface area contributed by atoms with Crippen molar-refractivity contribution in [1.29, 1.82) is 0 Å². The van der Waals surface area contributed by atoms with E-state index in [1.165, 1.54) is 12.1 Å². The fourth-order valence-electron chi connectivity index (χ4n) is 1.83. The molecule has 0 radical (unpaired) electrons. The summed E-state index contributed by atoms with van der Waals surface area (Å²) < 4.78 is 0. The van der Waals surface area contributed by atoms with Gasteiger partial charge in [0.25, 0.3) is 11.6 Å². The maximum absolute atomic E-state index is 11.4. The number of nitrogens with two attached hydrogens (primary N) is 1. The van der Waals surface area contributed by atoms with E-state index in [0.29, 0.717) is 10.6 Å². The summed E-state index contributed by atoms with van der Waals surface area (Å²) in [6.45, 7) is 0. The van der Waals surface area contributed by atoms with Gasteiger partial charge in [0, 0.05) is 10.0 Å². The zero-order valence-corrected chi connectivity index (χ0v) is 11.5. The van der Waals surface area contributed by atoms with Crippen molar-refractivity contribution < 1.29 is 9.72 Å². The highest BCUT2D eigenvalue weighted by atomic mass is 35.5. The molecule has 0 aliphatic carbocycles. The first-order chi connectivity index (χ1) is 9.40. The Morgan fingerprint density at radius 3 is 2.20 bits per heavy atom. The van der Waals surface area contributed by atoms with Crippen LogP contribution in [0.2, 0.25) is 10.0 Å². The van der Waals surface area contributed by atoms with Crippen LogP contribution >= 0.6 is 23.2 Å². The molecule has 2 rings (SSSR count). The van der Waals surface area contributed by atoms with Gasteiger partial charge in [-0.25, -0.2) is 0 Å². The molecule has 102 valence electrons. The average Bonchev–Trinajstić information content (AvgIpc) is 2.38. The standard InChI is InChI=1S/C13H8Cl2N2O3/c14-8-3-1-7(2-4-8)10-5-9(15)6-11(13(16)18)12(10)17(19)20/h1-6H,(H2,16,18). The number of carbonyl (C=O) groups is 1. The summed E-state index contributed by atoms with van der Waals surface area (Å²) in [6, 6.07) is 8.98. The van der Waals surface area contributed by atoms with Gasteiger partial charge in [0.15, 0.2) is 0 Å². The zero-order valence-electron chi connectivity index (χ0n) is 9.97. The highest BCUT2D eigenvalue weighted by Crippen LogP contribution is 2.36. The third-order valence-corrected chi connectivity index (χ3v) is 3.15. The number of nitrogens with zero attached hydrogens (tertiary/aromatic N) is 1. The van der Waals surface area contributed by atoms with Gasteiger partial charge in [-0.2, -0.15) is 0 Å². The number of amides is 1. The molecule has 0 atom stereocenters. The van der Waals surface area contributed by atoms with E-state index in [0.717, 1.165) is 0 Å². The zero-order chi connectivity index (χ0) is 14.9. The Morgan fingerprint density at radius 2 is 1.70 bits per heavy atom. The fourth-order valence-corrected chi connectivity index (χ4v) is 2.18. The van der Waals surface area contributed by atoms with Crippen molar-refractivity contribution in [2.24, 2.45) is 5.73 Å². The highest BCUT2D eigenvalue weighted by Gasteiger charge is 2.25. The first-order valence-electron chi connectivity index (χ1n) is 5.44. The summed E-state index contributed by atoms with van der Waals surface area (Å²) in [5, 5.41) is 11.9. The molecule has 1 amide bonds. The van der Waals surface area contributed by atoms with Crippen LogP contribution in [0.1, 0.15) is 10.4 Å². The van der Waals surface area contributed by atoms with Crippen molar-refractivity contribution in [3.8, 4) is 11.1 Å². The predicted molar refractivity (Wildman–Crippen MR) is 77.1 cm³/mol. The van der Waals surface area contributed by atoms with Gasteiger partial charge in [-0.1, -0.05) is 35.3 Å². The minimum atomic E-state index is -0.908. The van der Waals surface area contributed by atoms with Gasteiger partial charge in [0.05, 0.1) is 10.5 Å². The number of nitro groups is 1. The maximum atomic E-state index is 11.4. The number of hydrogen-bond acceptors (Lipinski definition) is 3. The topological polar surface area (TPSA) is 86.2 Å². The van der Waals surface area contributed by atoms with E-state index in [2.05, 4.69) is 0 Å². The van der Waals surface area contributed by atoms with Crippen LogP contribution < -0.4 is 5.73 Å². The number of primary amides is 1. The van der Waals surface area contributed by atoms with Crippen molar-refractivity contribution in [2.45, 2.75) is 0 Å². The lowest BCUT2D eigenvalue weighted by atomic mass is 10.00. The summed E-state index contributed by atoms with van der Waals surface area (Å²) >= 11 is 11.7. The van der Waals surface area contributed by atoms with Gasteiger partial charge >= 0.3 is 0 Å². The van der Waals surface area contributed by atoms with Gasteiger partial charge in [-0.15, -0.1) is 0 Å². The quantitative estimate of drug-likeness (QED) is 0.693. The Morgan fingerprint density at radius 1 is 1.10 bits per heavy atom. The van der Waals surface area contributed by atoms with Crippen molar-refractivity contribution in [3.63, 3.8) is 0 Å². The number of hydrogen-bond donors (Lipinski definition) is 1. The molecule has 0 saturated heterocycles. The van der Waals surface area contributed by atoms with Crippen LogP contribution in [-0.2, 0) is 0 Å². The molecule has 0 spiro atoms. The lowest BCUT2D eigenvalue weighted by molar-refractivity contribution is -0.384. The molecule has 0 bridgehead atoms. The molecule has 0 aliphatic heterocycles. The van der Waals surface area contributed by atoms with Crippen LogP contribution in [0.3, 0.4) is 0 Å². The SMILES string of the molecule is NC(=O)c1cc(Cl)cc(-c2ccc(Cl)cc2)c1[N+](=O)[O-]. The van der Waals surface area contributed by atoms with Crippen molar-refractivity contribution in [3.05, 3.63) is 62.1 Å². The third kappa shape index (κ3) is 2.74. The lowest BCUT2D eigenvalue weighted by Crippen LogP contribution is -2.14. The van der Waals surface area contributed by atoms with E-state index >= 15 is 0 Å². The number of nitro benzene ring substituents is 1. The smallest absolute Gasteiger partial charge is 0.289 e. The van der Waals surface area contributed by atoms with Crippen LogP contribution in [0.5, 0.6) is 0 Å². The molecule has 2 N–H and O–H groups in total. The van der Waals surface area contributed by atoms with Crippen LogP contribution in [-0.4, -0.2) is 10.8 Å². The molecule has 5 nitrogen and oxygen atoms in total. The van der Waals surface area contributed by atoms with Crippen LogP contribution in [0.25, 0.3) is 11.1 Å². The summed E-state index contributed by atoms with van der Waals surface area (Å²) in [4.78, 5) is 21.9. The van der Waals surface area contributed by atoms with Crippen molar-refractivity contribution in [1.82, 2.24) is 0 Å². The Kier molecular flexibility index (Phi) is 3.92. The Bertz CT molecular complexity index is 700. The number of rotatable bonds is 3. The molecular weight excluding hydrogens is 303 g/mol. The monoisotopic (exact) mass is 310 g/mol. The molecule has 0 aromatic heterocycles. The van der Waals surface area contributed by atoms with E-state index in [4.69, 9.17) is 28.9 Å². The second kappa shape index (κ2) is 5.48. The van der Waals surface area contributed by atoms with Gasteiger partial charge < -0.3 is 5.73 Å². The first-order valence-corrected chi connectivity index (χ1v) is 6.19. The van der Waals surface area contributed by atoms with Gasteiger partial charge in [-0.3, -0.25) is 14.9 Å². The van der Waals surface area contributed by atoms with Gasteiger partial charge in [0.2, 0.25) is 0 Å². The van der Waals surface area contributed by atoms with Gasteiger partial charge in [-0.05, 0) is 29.8 Å².